The van der Waals surface area contributed by atoms with E-state index >= 15 is 0 Å². The first-order chi connectivity index (χ1) is 8.78. The molecule has 0 saturated carbocycles. The Morgan fingerprint density at radius 1 is 1.37 bits per heavy atom. The minimum Gasteiger partial charge on any atom is -0.444 e. The van der Waals surface area contributed by atoms with Gasteiger partial charge in [0, 0.05) is 19.7 Å². The summed E-state index contributed by atoms with van der Waals surface area (Å²) in [5, 5.41) is 0. The van der Waals surface area contributed by atoms with Crippen LogP contribution in [0, 0.1) is 5.92 Å². The highest BCUT2D eigenvalue weighted by Gasteiger charge is 2.26. The summed E-state index contributed by atoms with van der Waals surface area (Å²) in [6.45, 7) is 9.20. The van der Waals surface area contributed by atoms with E-state index in [0.717, 1.165) is 12.8 Å². The van der Waals surface area contributed by atoms with Crippen LogP contribution in [0.15, 0.2) is 0 Å². The zero-order valence-corrected chi connectivity index (χ0v) is 12.4. The fraction of sp³-hybridized carbons (Fsp3) is 0.929. The van der Waals surface area contributed by atoms with Gasteiger partial charge in [0.05, 0.1) is 6.61 Å². The third-order valence-electron chi connectivity index (χ3n) is 2.97. The average Bonchev–Trinajstić information content (AvgIpc) is 2.27. The standard InChI is InChI=1S/C14H26FNO3/c1-11(15)9-18-10-12-5-7-16(8-6-12)13(17)19-14(2,3)4/h11-12H,5-10H2,1-4H3/t11-/m0/s1. The van der Waals surface area contributed by atoms with Crippen molar-refractivity contribution in [1.29, 1.82) is 0 Å². The van der Waals surface area contributed by atoms with Crippen molar-refractivity contribution in [2.75, 3.05) is 26.3 Å². The number of hydrogen-bond acceptors (Lipinski definition) is 3. The zero-order valence-electron chi connectivity index (χ0n) is 12.4. The highest BCUT2D eigenvalue weighted by molar-refractivity contribution is 5.68. The molecule has 19 heavy (non-hydrogen) atoms. The van der Waals surface area contributed by atoms with Crippen LogP contribution in [0.4, 0.5) is 9.18 Å². The maximum atomic E-state index is 12.6. The van der Waals surface area contributed by atoms with Gasteiger partial charge in [0.25, 0.3) is 0 Å². The molecule has 0 spiro atoms. The topological polar surface area (TPSA) is 38.8 Å². The van der Waals surface area contributed by atoms with E-state index in [0.29, 0.717) is 25.6 Å². The molecule has 5 heteroatoms. The minimum atomic E-state index is -0.915. The largest absolute Gasteiger partial charge is 0.444 e. The van der Waals surface area contributed by atoms with Crippen LogP contribution in [0.25, 0.3) is 0 Å². The Balaban J connectivity index is 2.23. The van der Waals surface area contributed by atoms with Crippen molar-refractivity contribution in [2.45, 2.75) is 52.3 Å². The molecule has 1 heterocycles. The quantitative estimate of drug-likeness (QED) is 0.791. The third kappa shape index (κ3) is 6.76. The molecule has 4 nitrogen and oxygen atoms in total. The molecule has 1 aliphatic heterocycles. The molecule has 112 valence electrons. The van der Waals surface area contributed by atoms with Crippen LogP contribution >= 0.6 is 0 Å². The van der Waals surface area contributed by atoms with Crippen molar-refractivity contribution >= 4 is 6.09 Å². The van der Waals surface area contributed by atoms with Crippen LogP contribution in [-0.4, -0.2) is 49.1 Å². The van der Waals surface area contributed by atoms with E-state index in [-0.39, 0.29) is 12.7 Å². The van der Waals surface area contributed by atoms with Gasteiger partial charge in [-0.2, -0.15) is 0 Å². The van der Waals surface area contributed by atoms with E-state index in [1.54, 1.807) is 4.90 Å². The van der Waals surface area contributed by atoms with Crippen molar-refractivity contribution in [2.24, 2.45) is 5.92 Å². The molecular formula is C14H26FNO3. The molecule has 0 aromatic heterocycles. The van der Waals surface area contributed by atoms with Crippen molar-refractivity contribution in [3.05, 3.63) is 0 Å². The first kappa shape index (κ1) is 16.2. The number of hydrogen-bond donors (Lipinski definition) is 0. The fourth-order valence-corrected chi connectivity index (χ4v) is 2.01. The number of likely N-dealkylation sites (tertiary alicyclic amines) is 1. The number of rotatable bonds is 4. The smallest absolute Gasteiger partial charge is 0.410 e. The number of carbonyl (C=O) groups excluding carboxylic acids is 1. The Bertz CT molecular complexity index is 281. The van der Waals surface area contributed by atoms with E-state index < -0.39 is 11.8 Å². The lowest BCUT2D eigenvalue weighted by Gasteiger charge is -2.33. The van der Waals surface area contributed by atoms with E-state index in [2.05, 4.69) is 0 Å². The van der Waals surface area contributed by atoms with Gasteiger partial charge in [0.1, 0.15) is 11.8 Å². The second kappa shape index (κ2) is 7.08. The summed E-state index contributed by atoms with van der Waals surface area (Å²) in [4.78, 5) is 13.6. The summed E-state index contributed by atoms with van der Waals surface area (Å²) in [6.07, 6.45) is 0.617. The Labute approximate surface area is 115 Å². The molecule has 1 atom stereocenters. The predicted molar refractivity (Wildman–Crippen MR) is 71.9 cm³/mol. The molecular weight excluding hydrogens is 249 g/mol. The highest BCUT2D eigenvalue weighted by Crippen LogP contribution is 2.20. The maximum Gasteiger partial charge on any atom is 0.410 e. The van der Waals surface area contributed by atoms with Crippen LogP contribution < -0.4 is 0 Å². The van der Waals surface area contributed by atoms with Crippen molar-refractivity contribution in [3.8, 4) is 0 Å². The number of ether oxygens (including phenoxy) is 2. The third-order valence-corrected chi connectivity index (χ3v) is 2.97. The normalized spacial score (nSPS) is 19.3. The fourth-order valence-electron chi connectivity index (χ4n) is 2.01. The summed E-state index contributed by atoms with van der Waals surface area (Å²) in [6, 6.07) is 0. The van der Waals surface area contributed by atoms with Gasteiger partial charge in [0.2, 0.25) is 0 Å². The maximum absolute atomic E-state index is 12.6. The van der Waals surface area contributed by atoms with Gasteiger partial charge >= 0.3 is 6.09 Å². The second-order valence-electron chi connectivity index (χ2n) is 6.23. The Morgan fingerprint density at radius 2 is 1.95 bits per heavy atom. The van der Waals surface area contributed by atoms with E-state index in [4.69, 9.17) is 9.47 Å². The average molecular weight is 275 g/mol. The minimum absolute atomic E-state index is 0.159. The summed E-state index contributed by atoms with van der Waals surface area (Å²) in [5.41, 5.74) is -0.450. The SMILES string of the molecule is C[C@H](F)COCC1CCN(C(=O)OC(C)(C)C)CC1. The second-order valence-corrected chi connectivity index (χ2v) is 6.23. The van der Waals surface area contributed by atoms with Gasteiger partial charge in [-0.1, -0.05) is 0 Å². The lowest BCUT2D eigenvalue weighted by molar-refractivity contribution is 0.00852. The van der Waals surface area contributed by atoms with Crippen molar-refractivity contribution in [1.82, 2.24) is 4.90 Å². The van der Waals surface area contributed by atoms with Gasteiger partial charge in [-0.25, -0.2) is 9.18 Å². The number of nitrogens with zero attached hydrogens (tertiary/aromatic N) is 1. The number of amides is 1. The first-order valence-electron chi connectivity index (χ1n) is 6.97. The summed E-state index contributed by atoms with van der Waals surface area (Å²) < 4.78 is 23.2. The Morgan fingerprint density at radius 3 is 2.42 bits per heavy atom. The lowest BCUT2D eigenvalue weighted by Crippen LogP contribution is -2.42. The van der Waals surface area contributed by atoms with Crippen LogP contribution in [0.5, 0.6) is 0 Å². The number of alkyl halides is 1. The molecule has 1 rings (SSSR count). The number of piperidine rings is 1. The summed E-state index contributed by atoms with van der Waals surface area (Å²) >= 11 is 0. The summed E-state index contributed by atoms with van der Waals surface area (Å²) in [7, 11) is 0. The van der Waals surface area contributed by atoms with E-state index in [1.165, 1.54) is 6.92 Å². The Kier molecular flexibility index (Phi) is 6.04. The van der Waals surface area contributed by atoms with Crippen LogP contribution in [0.2, 0.25) is 0 Å². The zero-order chi connectivity index (χ0) is 14.5. The van der Waals surface area contributed by atoms with Gasteiger partial charge < -0.3 is 14.4 Å². The monoisotopic (exact) mass is 275 g/mol. The van der Waals surface area contributed by atoms with Gasteiger partial charge in [-0.3, -0.25) is 0 Å². The molecule has 0 N–H and O–H groups in total. The molecule has 0 radical (unpaired) electrons. The van der Waals surface area contributed by atoms with Crippen molar-refractivity contribution in [3.63, 3.8) is 0 Å². The van der Waals surface area contributed by atoms with Crippen LogP contribution in [0.1, 0.15) is 40.5 Å². The number of halogens is 1. The molecule has 1 fully saturated rings. The summed E-state index contributed by atoms with van der Waals surface area (Å²) in [5.74, 6) is 0.414. The molecule has 1 amide bonds. The van der Waals surface area contributed by atoms with Gasteiger partial charge in [0.15, 0.2) is 0 Å². The molecule has 0 aromatic rings. The molecule has 0 aliphatic carbocycles. The van der Waals surface area contributed by atoms with Crippen LogP contribution in [0.3, 0.4) is 0 Å². The molecule has 1 aliphatic rings. The van der Waals surface area contributed by atoms with E-state index in [1.807, 2.05) is 20.8 Å². The predicted octanol–water partition coefficient (Wildman–Crippen LogP) is 3.01. The molecule has 0 bridgehead atoms. The van der Waals surface area contributed by atoms with E-state index in [9.17, 15) is 9.18 Å². The molecule has 0 unspecified atom stereocenters. The first-order valence-corrected chi connectivity index (χ1v) is 6.97. The lowest BCUT2D eigenvalue weighted by atomic mass is 9.98. The Hall–Kier alpha value is -0.840. The molecule has 1 saturated heterocycles. The highest BCUT2D eigenvalue weighted by atomic mass is 19.1. The number of carbonyl (C=O) groups is 1. The van der Waals surface area contributed by atoms with Crippen molar-refractivity contribution < 1.29 is 18.7 Å². The van der Waals surface area contributed by atoms with Gasteiger partial charge in [-0.15, -0.1) is 0 Å². The van der Waals surface area contributed by atoms with Gasteiger partial charge in [-0.05, 0) is 46.5 Å². The molecule has 0 aromatic carbocycles. The van der Waals surface area contributed by atoms with Crippen LogP contribution in [-0.2, 0) is 9.47 Å².